The SMILES string of the molecule is CSC(C)(C)CNc1ncnc2c1oc1ccccc12. The van der Waals surface area contributed by atoms with Crippen molar-refractivity contribution in [2.24, 2.45) is 0 Å². The molecule has 4 nitrogen and oxygen atoms in total. The zero-order chi connectivity index (χ0) is 14.2. The van der Waals surface area contributed by atoms with Crippen molar-refractivity contribution in [1.82, 2.24) is 9.97 Å². The van der Waals surface area contributed by atoms with Crippen molar-refractivity contribution in [1.29, 1.82) is 0 Å². The molecule has 0 unspecified atom stereocenters. The Hall–Kier alpha value is -1.75. The molecule has 0 spiro atoms. The molecule has 2 aromatic heterocycles. The van der Waals surface area contributed by atoms with E-state index in [0.29, 0.717) is 0 Å². The molecule has 0 aliphatic carbocycles. The molecule has 0 atom stereocenters. The van der Waals surface area contributed by atoms with Gasteiger partial charge in [-0.05, 0) is 32.2 Å². The molecule has 0 saturated heterocycles. The molecule has 5 heteroatoms. The Labute approximate surface area is 122 Å². The molecule has 0 fully saturated rings. The summed E-state index contributed by atoms with van der Waals surface area (Å²) in [5, 5.41) is 4.40. The minimum Gasteiger partial charge on any atom is -0.450 e. The fraction of sp³-hybridized carbons (Fsp3) is 0.333. The van der Waals surface area contributed by atoms with Gasteiger partial charge in [-0.2, -0.15) is 11.8 Å². The minimum atomic E-state index is 0.142. The number of hydrogen-bond donors (Lipinski definition) is 1. The van der Waals surface area contributed by atoms with Crippen LogP contribution in [0.15, 0.2) is 35.0 Å². The monoisotopic (exact) mass is 287 g/mol. The second-order valence-electron chi connectivity index (χ2n) is 5.32. The topological polar surface area (TPSA) is 51.0 Å². The summed E-state index contributed by atoms with van der Waals surface area (Å²) in [5.74, 6) is 0.758. The van der Waals surface area contributed by atoms with Crippen LogP contribution >= 0.6 is 11.8 Å². The standard InChI is InChI=1S/C15H17N3OS/c1-15(2,20-3)8-16-14-13-12(17-9-18-14)10-6-4-5-7-11(10)19-13/h4-7,9H,8H2,1-3H3,(H,16,17,18). The van der Waals surface area contributed by atoms with Crippen LogP contribution < -0.4 is 5.32 Å². The van der Waals surface area contributed by atoms with Crippen LogP contribution in [0.5, 0.6) is 0 Å². The molecule has 1 N–H and O–H groups in total. The lowest BCUT2D eigenvalue weighted by Gasteiger charge is -2.22. The molecule has 1 aromatic carbocycles. The lowest BCUT2D eigenvalue weighted by molar-refractivity contribution is 0.664. The summed E-state index contributed by atoms with van der Waals surface area (Å²) in [6, 6.07) is 7.92. The van der Waals surface area contributed by atoms with Crippen LogP contribution in [-0.2, 0) is 0 Å². The maximum Gasteiger partial charge on any atom is 0.196 e. The Morgan fingerprint density at radius 2 is 2.05 bits per heavy atom. The highest BCUT2D eigenvalue weighted by Gasteiger charge is 2.18. The summed E-state index contributed by atoms with van der Waals surface area (Å²) in [6.07, 6.45) is 3.69. The molecule has 0 saturated carbocycles. The van der Waals surface area contributed by atoms with Gasteiger partial charge in [0.05, 0.1) is 0 Å². The van der Waals surface area contributed by atoms with Gasteiger partial charge in [0, 0.05) is 16.7 Å². The molecule has 0 bridgehead atoms. The van der Waals surface area contributed by atoms with Crippen LogP contribution in [0.2, 0.25) is 0 Å². The molecular weight excluding hydrogens is 270 g/mol. The van der Waals surface area contributed by atoms with E-state index in [4.69, 9.17) is 4.42 Å². The molecule has 0 radical (unpaired) electrons. The van der Waals surface area contributed by atoms with Gasteiger partial charge < -0.3 is 9.73 Å². The number of hydrogen-bond acceptors (Lipinski definition) is 5. The Bertz CT molecular complexity index is 751. The number of thioether (sulfide) groups is 1. The Morgan fingerprint density at radius 3 is 2.85 bits per heavy atom. The van der Waals surface area contributed by atoms with Gasteiger partial charge in [0.15, 0.2) is 11.4 Å². The van der Waals surface area contributed by atoms with E-state index in [1.165, 1.54) is 0 Å². The van der Waals surface area contributed by atoms with Gasteiger partial charge in [-0.15, -0.1) is 0 Å². The summed E-state index contributed by atoms with van der Waals surface area (Å²) < 4.78 is 6.03. The van der Waals surface area contributed by atoms with Gasteiger partial charge in [-0.3, -0.25) is 0 Å². The smallest absolute Gasteiger partial charge is 0.196 e. The van der Waals surface area contributed by atoms with Crippen LogP contribution in [-0.4, -0.2) is 27.5 Å². The van der Waals surface area contributed by atoms with Gasteiger partial charge in [0.25, 0.3) is 0 Å². The average Bonchev–Trinajstić information content (AvgIpc) is 2.84. The Balaban J connectivity index is 2.03. The van der Waals surface area contributed by atoms with Gasteiger partial charge in [-0.1, -0.05) is 12.1 Å². The van der Waals surface area contributed by atoms with E-state index in [1.807, 2.05) is 36.0 Å². The largest absolute Gasteiger partial charge is 0.450 e. The Morgan fingerprint density at radius 1 is 1.25 bits per heavy atom. The van der Waals surface area contributed by atoms with E-state index in [0.717, 1.165) is 34.4 Å². The highest BCUT2D eigenvalue weighted by molar-refractivity contribution is 7.99. The fourth-order valence-electron chi connectivity index (χ4n) is 2.02. The normalized spacial score (nSPS) is 12.2. The predicted octanol–water partition coefficient (Wildman–Crippen LogP) is 3.93. The third kappa shape index (κ3) is 2.33. The fourth-order valence-corrected chi connectivity index (χ4v) is 2.23. The zero-order valence-corrected chi connectivity index (χ0v) is 12.6. The maximum absolute atomic E-state index is 5.89. The van der Waals surface area contributed by atoms with Crippen LogP contribution in [0.4, 0.5) is 5.82 Å². The van der Waals surface area contributed by atoms with E-state index in [-0.39, 0.29) is 4.75 Å². The number of anilines is 1. The van der Waals surface area contributed by atoms with E-state index in [9.17, 15) is 0 Å². The van der Waals surface area contributed by atoms with Crippen molar-refractivity contribution in [2.75, 3.05) is 18.1 Å². The third-order valence-corrected chi connectivity index (χ3v) is 4.64. The van der Waals surface area contributed by atoms with E-state index in [1.54, 1.807) is 6.33 Å². The zero-order valence-electron chi connectivity index (χ0n) is 11.8. The number of benzene rings is 1. The molecular formula is C15H17N3OS. The van der Waals surface area contributed by atoms with Crippen molar-refractivity contribution in [3.05, 3.63) is 30.6 Å². The summed E-state index contributed by atoms with van der Waals surface area (Å²) in [7, 11) is 0. The second kappa shape index (κ2) is 4.98. The molecule has 3 aromatic rings. The number of aromatic nitrogens is 2. The first-order chi connectivity index (χ1) is 9.61. The van der Waals surface area contributed by atoms with Crippen molar-refractivity contribution in [3.63, 3.8) is 0 Å². The second-order valence-corrected chi connectivity index (χ2v) is 6.83. The Kier molecular flexibility index (Phi) is 3.30. The molecule has 20 heavy (non-hydrogen) atoms. The van der Waals surface area contributed by atoms with E-state index >= 15 is 0 Å². The first-order valence-corrected chi connectivity index (χ1v) is 7.74. The van der Waals surface area contributed by atoms with Crippen LogP contribution in [0, 0.1) is 0 Å². The third-order valence-electron chi connectivity index (χ3n) is 3.39. The number of fused-ring (bicyclic) bond motifs is 3. The van der Waals surface area contributed by atoms with Gasteiger partial charge in [-0.25, -0.2) is 9.97 Å². The number of nitrogens with one attached hydrogen (secondary N) is 1. The van der Waals surface area contributed by atoms with Crippen LogP contribution in [0.1, 0.15) is 13.8 Å². The van der Waals surface area contributed by atoms with Crippen LogP contribution in [0.3, 0.4) is 0 Å². The number of furan rings is 1. The summed E-state index contributed by atoms with van der Waals surface area (Å²) >= 11 is 1.82. The highest BCUT2D eigenvalue weighted by atomic mass is 32.2. The summed E-state index contributed by atoms with van der Waals surface area (Å²) in [5.41, 5.74) is 2.43. The van der Waals surface area contributed by atoms with Crippen molar-refractivity contribution >= 4 is 39.6 Å². The highest BCUT2D eigenvalue weighted by Crippen LogP contribution is 2.31. The lowest BCUT2D eigenvalue weighted by atomic mass is 10.2. The van der Waals surface area contributed by atoms with Crippen molar-refractivity contribution < 1.29 is 4.42 Å². The molecule has 0 amide bonds. The number of rotatable bonds is 4. The van der Waals surface area contributed by atoms with Gasteiger partial charge in [0.2, 0.25) is 0 Å². The first-order valence-electron chi connectivity index (χ1n) is 6.52. The average molecular weight is 287 g/mol. The minimum absolute atomic E-state index is 0.142. The van der Waals surface area contributed by atoms with E-state index < -0.39 is 0 Å². The molecule has 0 aliphatic heterocycles. The molecule has 3 rings (SSSR count). The maximum atomic E-state index is 5.89. The van der Waals surface area contributed by atoms with Gasteiger partial charge in [0.1, 0.15) is 17.4 Å². The van der Waals surface area contributed by atoms with E-state index in [2.05, 4.69) is 35.4 Å². The predicted molar refractivity (Wildman–Crippen MR) is 85.4 cm³/mol. The summed E-state index contributed by atoms with van der Waals surface area (Å²) in [4.78, 5) is 8.66. The quantitative estimate of drug-likeness (QED) is 0.788. The number of para-hydroxylation sites is 1. The number of nitrogens with zero attached hydrogens (tertiary/aromatic N) is 2. The van der Waals surface area contributed by atoms with Crippen LogP contribution in [0.25, 0.3) is 22.1 Å². The van der Waals surface area contributed by atoms with Gasteiger partial charge >= 0.3 is 0 Å². The molecule has 0 aliphatic rings. The van der Waals surface area contributed by atoms with Crippen molar-refractivity contribution in [3.8, 4) is 0 Å². The lowest BCUT2D eigenvalue weighted by Crippen LogP contribution is -2.26. The molecule has 104 valence electrons. The summed E-state index contributed by atoms with van der Waals surface area (Å²) in [6.45, 7) is 5.21. The first kappa shape index (κ1) is 13.2. The molecule has 2 heterocycles. The van der Waals surface area contributed by atoms with Crippen molar-refractivity contribution in [2.45, 2.75) is 18.6 Å².